The fourth-order valence-electron chi connectivity index (χ4n) is 1.41. The number of rotatable bonds is 1. The highest BCUT2D eigenvalue weighted by molar-refractivity contribution is 6.31. The smallest absolute Gasteiger partial charge is 0.243 e. The number of aromatic nitrogens is 1. The number of benzene rings is 1. The summed E-state index contributed by atoms with van der Waals surface area (Å²) in [6, 6.07) is 7.15. The molecular formula is C12H6ClF4N. The zero-order chi connectivity index (χ0) is 13.3. The fourth-order valence-corrected chi connectivity index (χ4v) is 1.59. The molecule has 0 unspecified atom stereocenters. The fraction of sp³-hybridized carbons (Fsp3) is 0.0833. The van der Waals surface area contributed by atoms with E-state index in [1.54, 1.807) is 0 Å². The third-order valence-corrected chi connectivity index (χ3v) is 2.54. The molecule has 6 heteroatoms. The van der Waals surface area contributed by atoms with Gasteiger partial charge in [0.2, 0.25) is 0 Å². The molecule has 2 rings (SSSR count). The Labute approximate surface area is 105 Å². The van der Waals surface area contributed by atoms with E-state index in [2.05, 4.69) is 4.98 Å². The van der Waals surface area contributed by atoms with E-state index in [9.17, 15) is 17.6 Å². The highest BCUT2D eigenvalue weighted by Gasteiger charge is 2.32. The van der Waals surface area contributed by atoms with Crippen molar-refractivity contribution in [2.45, 2.75) is 6.18 Å². The Bertz CT molecular complexity index is 581. The summed E-state index contributed by atoms with van der Waals surface area (Å²) in [5, 5.41) is -0.160. The molecule has 0 atom stereocenters. The van der Waals surface area contributed by atoms with Gasteiger partial charge in [0, 0.05) is 5.56 Å². The van der Waals surface area contributed by atoms with Crippen LogP contribution in [-0.4, -0.2) is 4.98 Å². The van der Waals surface area contributed by atoms with Crippen molar-refractivity contribution < 1.29 is 17.6 Å². The average molecular weight is 276 g/mol. The molecule has 0 saturated carbocycles. The maximum atomic E-state index is 13.0. The van der Waals surface area contributed by atoms with Gasteiger partial charge in [0.15, 0.2) is 0 Å². The van der Waals surface area contributed by atoms with E-state index in [0.29, 0.717) is 5.56 Å². The van der Waals surface area contributed by atoms with Gasteiger partial charge >= 0.3 is 6.18 Å². The van der Waals surface area contributed by atoms with Crippen molar-refractivity contribution in [2.24, 2.45) is 0 Å². The molecular weight excluding hydrogens is 270 g/mol. The van der Waals surface area contributed by atoms with Gasteiger partial charge in [0.1, 0.15) is 11.5 Å². The van der Waals surface area contributed by atoms with Crippen molar-refractivity contribution in [3.05, 3.63) is 52.9 Å². The molecule has 0 bridgehead atoms. The standard InChI is InChI=1S/C12H6ClF4N/c13-8-6-7(4-5-9(8)14)10-2-1-3-11(18-10)12(15,16)17/h1-6H. The van der Waals surface area contributed by atoms with E-state index < -0.39 is 17.7 Å². The quantitative estimate of drug-likeness (QED) is 0.695. The third-order valence-electron chi connectivity index (χ3n) is 2.25. The Morgan fingerprint density at radius 3 is 2.39 bits per heavy atom. The molecule has 0 saturated heterocycles. The minimum absolute atomic E-state index is 0.0896. The molecule has 1 aromatic carbocycles. The van der Waals surface area contributed by atoms with Crippen LogP contribution in [0.4, 0.5) is 17.6 Å². The largest absolute Gasteiger partial charge is 0.433 e. The van der Waals surface area contributed by atoms with E-state index >= 15 is 0 Å². The Hall–Kier alpha value is -1.62. The van der Waals surface area contributed by atoms with Gasteiger partial charge in [-0.3, -0.25) is 0 Å². The normalized spacial score (nSPS) is 11.6. The monoisotopic (exact) mass is 275 g/mol. The highest BCUT2D eigenvalue weighted by atomic mass is 35.5. The molecule has 18 heavy (non-hydrogen) atoms. The predicted molar refractivity (Wildman–Crippen MR) is 59.6 cm³/mol. The molecule has 0 fully saturated rings. The average Bonchev–Trinajstić information content (AvgIpc) is 2.32. The number of alkyl halides is 3. The maximum absolute atomic E-state index is 13.0. The van der Waals surface area contributed by atoms with Crippen molar-refractivity contribution >= 4 is 11.6 Å². The van der Waals surface area contributed by atoms with Gasteiger partial charge in [-0.25, -0.2) is 9.37 Å². The second kappa shape index (κ2) is 4.57. The second-order valence-electron chi connectivity index (χ2n) is 3.53. The van der Waals surface area contributed by atoms with Gasteiger partial charge in [0.25, 0.3) is 0 Å². The molecule has 0 aliphatic heterocycles. The van der Waals surface area contributed by atoms with Gasteiger partial charge in [-0.15, -0.1) is 0 Å². The Morgan fingerprint density at radius 1 is 1.06 bits per heavy atom. The second-order valence-corrected chi connectivity index (χ2v) is 3.94. The highest BCUT2D eigenvalue weighted by Crippen LogP contribution is 2.30. The molecule has 0 amide bonds. The molecule has 0 spiro atoms. The molecule has 0 aliphatic rings. The van der Waals surface area contributed by atoms with Gasteiger partial charge < -0.3 is 0 Å². The molecule has 0 N–H and O–H groups in total. The maximum Gasteiger partial charge on any atom is 0.433 e. The zero-order valence-electron chi connectivity index (χ0n) is 8.80. The summed E-state index contributed by atoms with van der Waals surface area (Å²) in [5.41, 5.74) is -0.584. The first-order valence-corrected chi connectivity index (χ1v) is 5.25. The van der Waals surface area contributed by atoms with Crippen molar-refractivity contribution in [3.63, 3.8) is 0 Å². The van der Waals surface area contributed by atoms with E-state index in [1.807, 2.05) is 0 Å². The SMILES string of the molecule is Fc1ccc(-c2cccc(C(F)(F)F)n2)cc1Cl. The number of pyridine rings is 1. The van der Waals surface area contributed by atoms with Crippen LogP contribution < -0.4 is 0 Å². The lowest BCUT2D eigenvalue weighted by Gasteiger charge is -2.08. The zero-order valence-corrected chi connectivity index (χ0v) is 9.56. The summed E-state index contributed by atoms with van der Waals surface area (Å²) in [4.78, 5) is 3.48. The predicted octanol–water partition coefficient (Wildman–Crippen LogP) is 4.56. The molecule has 1 aromatic heterocycles. The van der Waals surface area contributed by atoms with Crippen molar-refractivity contribution in [1.82, 2.24) is 4.98 Å². The summed E-state index contributed by atoms with van der Waals surface area (Å²) in [6.07, 6.45) is -4.51. The van der Waals surface area contributed by atoms with Crippen LogP contribution in [0.3, 0.4) is 0 Å². The first-order chi connectivity index (χ1) is 8.38. The van der Waals surface area contributed by atoms with Crippen LogP contribution in [0.1, 0.15) is 5.69 Å². The molecule has 0 radical (unpaired) electrons. The van der Waals surface area contributed by atoms with Crippen LogP contribution >= 0.6 is 11.6 Å². The molecule has 94 valence electrons. The lowest BCUT2D eigenvalue weighted by atomic mass is 10.1. The number of hydrogen-bond donors (Lipinski definition) is 0. The lowest BCUT2D eigenvalue weighted by Crippen LogP contribution is -2.07. The Kier molecular flexibility index (Phi) is 3.26. The minimum atomic E-state index is -4.51. The summed E-state index contributed by atoms with van der Waals surface area (Å²) >= 11 is 5.57. The molecule has 0 aliphatic carbocycles. The first kappa shape index (κ1) is 12.8. The minimum Gasteiger partial charge on any atom is -0.243 e. The molecule has 1 heterocycles. The molecule has 1 nitrogen and oxygen atoms in total. The van der Waals surface area contributed by atoms with Gasteiger partial charge in [-0.05, 0) is 30.3 Å². The van der Waals surface area contributed by atoms with Crippen molar-refractivity contribution in [3.8, 4) is 11.3 Å². The van der Waals surface area contributed by atoms with E-state index in [-0.39, 0.29) is 10.7 Å². The molecule has 2 aromatic rings. The Balaban J connectivity index is 2.48. The Morgan fingerprint density at radius 2 is 1.78 bits per heavy atom. The topological polar surface area (TPSA) is 12.9 Å². The van der Waals surface area contributed by atoms with Crippen LogP contribution in [0.2, 0.25) is 5.02 Å². The summed E-state index contributed by atoms with van der Waals surface area (Å²) < 4.78 is 50.4. The summed E-state index contributed by atoms with van der Waals surface area (Å²) in [6.45, 7) is 0. The van der Waals surface area contributed by atoms with Crippen LogP contribution in [0.5, 0.6) is 0 Å². The van der Waals surface area contributed by atoms with Crippen LogP contribution in [0, 0.1) is 5.82 Å². The summed E-state index contributed by atoms with van der Waals surface area (Å²) in [5.74, 6) is -0.632. The van der Waals surface area contributed by atoms with E-state index in [4.69, 9.17) is 11.6 Å². The summed E-state index contributed by atoms with van der Waals surface area (Å²) in [7, 11) is 0. The first-order valence-electron chi connectivity index (χ1n) is 4.87. The van der Waals surface area contributed by atoms with Gasteiger partial charge in [0.05, 0.1) is 10.7 Å². The number of nitrogens with zero attached hydrogens (tertiary/aromatic N) is 1. The number of hydrogen-bond acceptors (Lipinski definition) is 1. The van der Waals surface area contributed by atoms with Crippen molar-refractivity contribution in [1.29, 1.82) is 0 Å². The lowest BCUT2D eigenvalue weighted by molar-refractivity contribution is -0.141. The number of halogens is 5. The van der Waals surface area contributed by atoms with Crippen LogP contribution in [0.15, 0.2) is 36.4 Å². The van der Waals surface area contributed by atoms with Gasteiger partial charge in [-0.2, -0.15) is 13.2 Å². The van der Waals surface area contributed by atoms with Crippen LogP contribution in [-0.2, 0) is 6.18 Å². The van der Waals surface area contributed by atoms with E-state index in [0.717, 1.165) is 12.1 Å². The van der Waals surface area contributed by atoms with E-state index in [1.165, 1.54) is 24.3 Å². The third kappa shape index (κ3) is 2.61. The van der Waals surface area contributed by atoms with Gasteiger partial charge in [-0.1, -0.05) is 17.7 Å². The van der Waals surface area contributed by atoms with Crippen molar-refractivity contribution in [2.75, 3.05) is 0 Å². The van der Waals surface area contributed by atoms with Crippen LogP contribution in [0.25, 0.3) is 11.3 Å².